The van der Waals surface area contributed by atoms with Crippen molar-refractivity contribution in [1.82, 2.24) is 0 Å². The van der Waals surface area contributed by atoms with E-state index in [2.05, 4.69) is 43.9 Å². The Morgan fingerprint density at radius 3 is 2.03 bits per heavy atom. The van der Waals surface area contributed by atoms with Gasteiger partial charge in [-0.2, -0.15) is 0 Å². The summed E-state index contributed by atoms with van der Waals surface area (Å²) in [6.07, 6.45) is -0.348. The van der Waals surface area contributed by atoms with E-state index in [0.717, 1.165) is 33.5 Å². The van der Waals surface area contributed by atoms with Gasteiger partial charge in [0.15, 0.2) is 0 Å². The fourth-order valence-corrected chi connectivity index (χ4v) is 5.10. The van der Waals surface area contributed by atoms with Crippen molar-refractivity contribution in [2.24, 2.45) is 0 Å². The van der Waals surface area contributed by atoms with Crippen LogP contribution in [-0.4, -0.2) is 27.3 Å². The summed E-state index contributed by atoms with van der Waals surface area (Å²) in [5, 5.41) is 12.3. The molecule has 1 N–H and O–H groups in total. The third kappa shape index (κ3) is 4.01. The lowest BCUT2D eigenvalue weighted by atomic mass is 9.72. The molecule has 1 aliphatic heterocycles. The molecule has 0 bridgehead atoms. The van der Waals surface area contributed by atoms with E-state index in [1.165, 1.54) is 5.19 Å². The van der Waals surface area contributed by atoms with Gasteiger partial charge in [0.25, 0.3) is 0 Å². The summed E-state index contributed by atoms with van der Waals surface area (Å²) in [7, 11) is -0.716. The Morgan fingerprint density at radius 1 is 0.833 bits per heavy atom. The van der Waals surface area contributed by atoms with Crippen molar-refractivity contribution in [3.05, 3.63) is 95.6 Å². The molecule has 3 aromatic carbocycles. The Kier molecular flexibility index (Phi) is 5.69. The lowest BCUT2D eigenvalue weighted by Gasteiger charge is -2.20. The number of rotatable bonds is 5. The smallest absolute Gasteiger partial charge is 0.492 e. The molecule has 3 aromatic rings. The highest BCUT2D eigenvalue weighted by atomic mass is 28.3. The van der Waals surface area contributed by atoms with Gasteiger partial charge in [-0.05, 0) is 39.9 Å². The van der Waals surface area contributed by atoms with Gasteiger partial charge < -0.3 is 14.4 Å². The predicted molar refractivity (Wildman–Crippen MR) is 127 cm³/mol. The highest BCUT2D eigenvalue weighted by Gasteiger charge is 2.39. The van der Waals surface area contributed by atoms with E-state index in [9.17, 15) is 5.02 Å². The topological polar surface area (TPSA) is 38.7 Å². The molecule has 0 aromatic heterocycles. The van der Waals surface area contributed by atoms with Gasteiger partial charge in [0, 0.05) is 0 Å². The van der Waals surface area contributed by atoms with E-state index in [1.54, 1.807) is 7.11 Å². The first-order valence-corrected chi connectivity index (χ1v) is 13.8. The quantitative estimate of drug-likeness (QED) is 0.601. The van der Waals surface area contributed by atoms with Gasteiger partial charge in [0.2, 0.25) is 0 Å². The molecule has 0 spiro atoms. The predicted octanol–water partition coefficient (Wildman–Crippen LogP) is 4.94. The minimum atomic E-state index is -1.39. The molecule has 1 unspecified atom stereocenters. The Labute approximate surface area is 180 Å². The zero-order chi connectivity index (χ0) is 21.3. The van der Waals surface area contributed by atoms with E-state index < -0.39 is 15.2 Å². The van der Waals surface area contributed by atoms with Crippen LogP contribution in [0.4, 0.5) is 0 Å². The first-order valence-electron chi connectivity index (χ1n) is 10.3. The Balaban J connectivity index is 1.86. The molecule has 0 saturated heterocycles. The molecule has 5 heteroatoms. The molecule has 152 valence electrons. The third-order valence-corrected chi connectivity index (χ3v) is 7.69. The number of hydrogen-bond donors (Lipinski definition) is 1. The highest BCUT2D eigenvalue weighted by Crippen LogP contribution is 2.45. The SMILES string of the molecule is COc1ccc(C2OB(O)C(c3ccccc3)=C2c2ccc([Si](C)(C)C)cc2)cc1. The van der Waals surface area contributed by atoms with Crippen LogP contribution in [0.3, 0.4) is 0 Å². The van der Waals surface area contributed by atoms with Crippen LogP contribution in [0.1, 0.15) is 22.8 Å². The number of hydrogen-bond acceptors (Lipinski definition) is 3. The lowest BCUT2D eigenvalue weighted by molar-refractivity contribution is 0.236. The van der Waals surface area contributed by atoms with E-state index in [-0.39, 0.29) is 6.10 Å². The van der Waals surface area contributed by atoms with Crippen LogP contribution in [0, 0.1) is 0 Å². The van der Waals surface area contributed by atoms with E-state index >= 15 is 0 Å². The summed E-state index contributed by atoms with van der Waals surface area (Å²) in [5.74, 6) is 0.797. The number of benzene rings is 3. The molecule has 0 saturated carbocycles. The second-order valence-electron chi connectivity index (χ2n) is 8.66. The average Bonchev–Trinajstić information content (AvgIpc) is 3.11. The maximum Gasteiger partial charge on any atom is 0.492 e. The van der Waals surface area contributed by atoms with Gasteiger partial charge in [0.05, 0.1) is 21.3 Å². The molecule has 1 aliphatic rings. The van der Waals surface area contributed by atoms with Crippen molar-refractivity contribution >= 4 is 31.4 Å². The Hall–Kier alpha value is -2.60. The van der Waals surface area contributed by atoms with Crippen LogP contribution in [0.25, 0.3) is 11.0 Å². The third-order valence-electron chi connectivity index (χ3n) is 5.63. The molecular weight excluding hydrogens is 387 g/mol. The van der Waals surface area contributed by atoms with Crippen molar-refractivity contribution in [3.8, 4) is 5.75 Å². The summed E-state index contributed by atoms with van der Waals surface area (Å²) in [5.41, 5.74) is 4.89. The van der Waals surface area contributed by atoms with Crippen molar-refractivity contribution in [2.45, 2.75) is 25.7 Å². The van der Waals surface area contributed by atoms with Crippen LogP contribution in [0.2, 0.25) is 19.6 Å². The zero-order valence-corrected chi connectivity index (χ0v) is 18.9. The summed E-state index contributed by atoms with van der Waals surface area (Å²) in [6, 6.07) is 26.7. The molecule has 3 nitrogen and oxygen atoms in total. The molecule has 0 amide bonds. The first-order chi connectivity index (χ1) is 14.4. The minimum absolute atomic E-state index is 0.348. The summed E-state index contributed by atoms with van der Waals surface area (Å²) in [6.45, 7) is 7.04. The van der Waals surface area contributed by atoms with E-state index in [4.69, 9.17) is 9.39 Å². The monoisotopic (exact) mass is 414 g/mol. The van der Waals surface area contributed by atoms with Crippen LogP contribution in [0.15, 0.2) is 78.9 Å². The van der Waals surface area contributed by atoms with Crippen molar-refractivity contribution in [3.63, 3.8) is 0 Å². The van der Waals surface area contributed by atoms with Crippen molar-refractivity contribution < 1.29 is 14.4 Å². The van der Waals surface area contributed by atoms with E-state index in [1.807, 2.05) is 54.6 Å². The average molecular weight is 414 g/mol. The molecule has 0 aliphatic carbocycles. The highest BCUT2D eigenvalue weighted by molar-refractivity contribution is 6.88. The molecule has 4 rings (SSSR count). The number of ether oxygens (including phenoxy) is 1. The zero-order valence-electron chi connectivity index (χ0n) is 17.9. The molecule has 0 fully saturated rings. The summed E-state index contributed by atoms with van der Waals surface area (Å²) >= 11 is 0. The minimum Gasteiger partial charge on any atom is -0.497 e. The second-order valence-corrected chi connectivity index (χ2v) is 13.7. The Bertz CT molecular complexity index is 1040. The lowest BCUT2D eigenvalue weighted by Crippen LogP contribution is -2.37. The fraction of sp³-hybridized carbons (Fsp3) is 0.200. The van der Waals surface area contributed by atoms with E-state index in [0.29, 0.717) is 0 Å². The van der Waals surface area contributed by atoms with Gasteiger partial charge in [-0.1, -0.05) is 91.6 Å². The van der Waals surface area contributed by atoms with Crippen LogP contribution in [-0.2, 0) is 4.65 Å². The molecule has 30 heavy (non-hydrogen) atoms. The largest absolute Gasteiger partial charge is 0.497 e. The molecular formula is C25H27BO3Si. The standard InChI is InChI=1S/C25H27BO3Si/c1-28-21-14-10-20(11-15-21)25-23(18-12-16-22(17-13-18)30(2,3)4)24(26(27)29-25)19-8-6-5-7-9-19/h5-17,25,27H,1-4H3. The van der Waals surface area contributed by atoms with Crippen molar-refractivity contribution in [2.75, 3.05) is 7.11 Å². The van der Waals surface area contributed by atoms with Crippen molar-refractivity contribution in [1.29, 1.82) is 0 Å². The van der Waals surface area contributed by atoms with Gasteiger partial charge in [0.1, 0.15) is 5.75 Å². The molecule has 0 radical (unpaired) electrons. The summed E-state index contributed by atoms with van der Waals surface area (Å²) in [4.78, 5) is 0. The molecule has 1 atom stereocenters. The van der Waals surface area contributed by atoms with Gasteiger partial charge in [-0.25, -0.2) is 0 Å². The van der Waals surface area contributed by atoms with Crippen LogP contribution >= 0.6 is 0 Å². The Morgan fingerprint density at radius 2 is 1.47 bits per heavy atom. The maximum absolute atomic E-state index is 10.9. The summed E-state index contributed by atoms with van der Waals surface area (Å²) < 4.78 is 11.4. The maximum atomic E-state index is 10.9. The molecule has 1 heterocycles. The van der Waals surface area contributed by atoms with Crippen LogP contribution in [0.5, 0.6) is 5.75 Å². The normalized spacial score (nSPS) is 16.8. The van der Waals surface area contributed by atoms with Crippen LogP contribution < -0.4 is 9.92 Å². The van der Waals surface area contributed by atoms with Gasteiger partial charge in [-0.3, -0.25) is 0 Å². The second kappa shape index (κ2) is 8.26. The first kappa shape index (κ1) is 20.7. The number of methoxy groups -OCH3 is 1. The van der Waals surface area contributed by atoms with Gasteiger partial charge >= 0.3 is 7.12 Å². The van der Waals surface area contributed by atoms with Gasteiger partial charge in [-0.15, -0.1) is 0 Å². The fourth-order valence-electron chi connectivity index (χ4n) is 3.94.